The Morgan fingerprint density at radius 1 is 1.53 bits per heavy atom. The second kappa shape index (κ2) is 6.04. The smallest absolute Gasteiger partial charge is 0.320 e. The molecule has 0 spiro atoms. The second-order valence-electron chi connectivity index (χ2n) is 3.54. The maximum Gasteiger partial charge on any atom is 0.320 e. The van der Waals surface area contributed by atoms with E-state index < -0.39 is 21.8 Å². The number of carboxylic acids is 1. The van der Waals surface area contributed by atoms with E-state index in [2.05, 4.69) is 0 Å². The molecule has 0 aromatic rings. The first-order valence-electron chi connectivity index (χ1n) is 4.58. The van der Waals surface area contributed by atoms with Crippen molar-refractivity contribution in [2.24, 2.45) is 5.73 Å². The van der Waals surface area contributed by atoms with Gasteiger partial charge in [-0.25, -0.2) is 8.42 Å². The van der Waals surface area contributed by atoms with Gasteiger partial charge in [-0.05, 0) is 20.0 Å². The molecule has 90 valence electrons. The fraction of sp³-hybridized carbons (Fsp3) is 0.875. The fourth-order valence-electron chi connectivity index (χ4n) is 1.16. The zero-order chi connectivity index (χ0) is 12.1. The third-order valence-electron chi connectivity index (χ3n) is 2.07. The monoisotopic (exact) mass is 238 g/mol. The van der Waals surface area contributed by atoms with Gasteiger partial charge in [-0.1, -0.05) is 0 Å². The fourth-order valence-corrected chi connectivity index (χ4v) is 1.78. The Hall–Kier alpha value is -0.660. The molecule has 7 heteroatoms. The lowest BCUT2D eigenvalue weighted by atomic mass is 10.2. The van der Waals surface area contributed by atoms with Crippen LogP contribution in [0, 0.1) is 0 Å². The van der Waals surface area contributed by atoms with Crippen molar-refractivity contribution < 1.29 is 18.3 Å². The number of nitrogens with zero attached hydrogens (tertiary/aromatic N) is 1. The lowest BCUT2D eigenvalue weighted by Crippen LogP contribution is -2.42. The molecule has 0 fully saturated rings. The number of likely N-dealkylation sites (N-methyl/N-ethyl adjacent to an activating group) is 1. The molecule has 0 amide bonds. The van der Waals surface area contributed by atoms with Gasteiger partial charge in [0.25, 0.3) is 0 Å². The van der Waals surface area contributed by atoms with E-state index in [0.29, 0.717) is 6.42 Å². The highest BCUT2D eigenvalue weighted by Gasteiger charge is 2.22. The summed E-state index contributed by atoms with van der Waals surface area (Å²) in [6, 6.07) is -0.711. The molecular formula is C8H18N2O4S. The molecule has 0 saturated heterocycles. The van der Waals surface area contributed by atoms with Gasteiger partial charge in [0.1, 0.15) is 15.9 Å². The molecule has 3 N–H and O–H groups in total. The summed E-state index contributed by atoms with van der Waals surface area (Å²) < 4.78 is 21.8. The maximum absolute atomic E-state index is 10.9. The first kappa shape index (κ1) is 14.3. The molecule has 1 unspecified atom stereocenters. The molecule has 6 nitrogen and oxygen atoms in total. The molecule has 1 atom stereocenters. The number of nitrogens with two attached hydrogens (primary N) is 1. The number of aliphatic carboxylic acids is 1. The summed E-state index contributed by atoms with van der Waals surface area (Å²) in [5.74, 6) is -1.02. The minimum Gasteiger partial charge on any atom is -0.480 e. The third-order valence-corrected chi connectivity index (χ3v) is 3.00. The van der Waals surface area contributed by atoms with Gasteiger partial charge in [0.05, 0.1) is 5.75 Å². The highest BCUT2D eigenvalue weighted by molar-refractivity contribution is 7.90. The van der Waals surface area contributed by atoms with E-state index in [0.717, 1.165) is 6.26 Å². The van der Waals surface area contributed by atoms with Gasteiger partial charge < -0.3 is 10.8 Å². The minimum absolute atomic E-state index is 0.0438. The molecule has 0 aromatic heterocycles. The van der Waals surface area contributed by atoms with Crippen LogP contribution in [-0.4, -0.2) is 62.6 Å². The van der Waals surface area contributed by atoms with Gasteiger partial charge in [0.2, 0.25) is 0 Å². The summed E-state index contributed by atoms with van der Waals surface area (Å²) in [6.45, 7) is 0.468. The van der Waals surface area contributed by atoms with Crippen molar-refractivity contribution in [1.29, 1.82) is 0 Å². The molecule has 0 aliphatic rings. The average molecular weight is 238 g/mol. The van der Waals surface area contributed by atoms with E-state index in [9.17, 15) is 13.2 Å². The van der Waals surface area contributed by atoms with Crippen LogP contribution in [-0.2, 0) is 14.6 Å². The lowest BCUT2D eigenvalue weighted by molar-refractivity contribution is -0.142. The summed E-state index contributed by atoms with van der Waals surface area (Å²) in [6.07, 6.45) is 1.44. The van der Waals surface area contributed by atoms with Gasteiger partial charge in [0, 0.05) is 12.8 Å². The molecule has 0 rings (SSSR count). The van der Waals surface area contributed by atoms with Crippen LogP contribution >= 0.6 is 0 Å². The van der Waals surface area contributed by atoms with Crippen molar-refractivity contribution in [3.05, 3.63) is 0 Å². The van der Waals surface area contributed by atoms with E-state index in [1.807, 2.05) is 0 Å². The topological polar surface area (TPSA) is 101 Å². The zero-order valence-corrected chi connectivity index (χ0v) is 9.83. The summed E-state index contributed by atoms with van der Waals surface area (Å²) in [7, 11) is -1.48. The molecule has 0 aliphatic heterocycles. The van der Waals surface area contributed by atoms with E-state index in [4.69, 9.17) is 10.8 Å². The summed E-state index contributed by atoms with van der Waals surface area (Å²) in [5.41, 5.74) is 5.28. The average Bonchev–Trinajstić information content (AvgIpc) is 2.08. The Morgan fingerprint density at radius 3 is 2.40 bits per heavy atom. The van der Waals surface area contributed by atoms with Crippen molar-refractivity contribution in [3.63, 3.8) is 0 Å². The molecule has 0 bridgehead atoms. The first-order valence-corrected chi connectivity index (χ1v) is 6.65. The van der Waals surface area contributed by atoms with Crippen LogP contribution in [0.1, 0.15) is 6.42 Å². The summed E-state index contributed by atoms with van der Waals surface area (Å²) in [4.78, 5) is 12.3. The van der Waals surface area contributed by atoms with E-state index in [1.165, 1.54) is 4.90 Å². The maximum atomic E-state index is 10.9. The van der Waals surface area contributed by atoms with Crippen molar-refractivity contribution in [2.45, 2.75) is 12.5 Å². The van der Waals surface area contributed by atoms with E-state index in [1.54, 1.807) is 7.05 Å². The highest BCUT2D eigenvalue weighted by Crippen LogP contribution is 2.01. The largest absolute Gasteiger partial charge is 0.480 e. The molecule has 0 aromatic carbocycles. The number of hydrogen-bond donors (Lipinski definition) is 2. The van der Waals surface area contributed by atoms with Crippen LogP contribution in [0.15, 0.2) is 0 Å². The Bertz CT molecular complexity index is 302. The first-order chi connectivity index (χ1) is 6.78. The highest BCUT2D eigenvalue weighted by atomic mass is 32.2. The standard InChI is InChI=1S/C8H18N2O4S/c1-10(5-6-15(2,13)14)7(3-4-9)8(11)12/h7H,3-6,9H2,1-2H3,(H,11,12). The Morgan fingerprint density at radius 2 is 2.07 bits per heavy atom. The number of hydrogen-bond acceptors (Lipinski definition) is 5. The lowest BCUT2D eigenvalue weighted by Gasteiger charge is -2.23. The molecule has 15 heavy (non-hydrogen) atoms. The van der Waals surface area contributed by atoms with Crippen LogP contribution in [0.4, 0.5) is 0 Å². The summed E-state index contributed by atoms with van der Waals surface area (Å²) in [5, 5.41) is 8.86. The van der Waals surface area contributed by atoms with Crippen LogP contribution in [0.2, 0.25) is 0 Å². The zero-order valence-electron chi connectivity index (χ0n) is 9.01. The number of carboxylic acid groups (broad SMARTS) is 1. The third kappa shape index (κ3) is 6.43. The minimum atomic E-state index is -3.06. The molecular weight excluding hydrogens is 220 g/mol. The van der Waals surface area contributed by atoms with Crippen molar-refractivity contribution in [2.75, 3.05) is 32.1 Å². The van der Waals surface area contributed by atoms with Gasteiger partial charge in [-0.3, -0.25) is 9.69 Å². The van der Waals surface area contributed by atoms with Crippen LogP contribution < -0.4 is 5.73 Å². The van der Waals surface area contributed by atoms with Crippen LogP contribution in [0.3, 0.4) is 0 Å². The normalized spacial score (nSPS) is 14.1. The van der Waals surface area contributed by atoms with E-state index in [-0.39, 0.29) is 18.8 Å². The molecule has 0 heterocycles. The Balaban J connectivity index is 4.26. The summed E-state index contributed by atoms with van der Waals surface area (Å²) >= 11 is 0. The van der Waals surface area contributed by atoms with Gasteiger partial charge >= 0.3 is 5.97 Å². The van der Waals surface area contributed by atoms with Crippen molar-refractivity contribution >= 4 is 15.8 Å². The number of rotatable bonds is 7. The van der Waals surface area contributed by atoms with Gasteiger partial charge in [-0.2, -0.15) is 0 Å². The second-order valence-corrected chi connectivity index (χ2v) is 5.80. The van der Waals surface area contributed by atoms with E-state index >= 15 is 0 Å². The van der Waals surface area contributed by atoms with Gasteiger partial charge in [-0.15, -0.1) is 0 Å². The molecule has 0 aliphatic carbocycles. The van der Waals surface area contributed by atoms with Gasteiger partial charge in [0.15, 0.2) is 0 Å². The predicted molar refractivity (Wildman–Crippen MR) is 57.4 cm³/mol. The Labute approximate surface area is 90.0 Å². The number of sulfone groups is 1. The predicted octanol–water partition coefficient (Wildman–Crippen LogP) is -1.24. The molecule has 0 saturated carbocycles. The SMILES string of the molecule is CN(CCS(C)(=O)=O)C(CCN)C(=O)O. The Kier molecular flexibility index (Phi) is 5.77. The molecule has 0 radical (unpaired) electrons. The number of carbonyl (C=O) groups is 1. The van der Waals surface area contributed by atoms with Crippen molar-refractivity contribution in [1.82, 2.24) is 4.90 Å². The van der Waals surface area contributed by atoms with Crippen LogP contribution in [0.25, 0.3) is 0 Å². The van der Waals surface area contributed by atoms with Crippen LogP contribution in [0.5, 0.6) is 0 Å². The quantitative estimate of drug-likeness (QED) is 0.575. The van der Waals surface area contributed by atoms with Crippen molar-refractivity contribution in [3.8, 4) is 0 Å².